The van der Waals surface area contributed by atoms with Crippen LogP contribution in [0.3, 0.4) is 0 Å². The summed E-state index contributed by atoms with van der Waals surface area (Å²) in [6.07, 6.45) is -4.00. The van der Waals surface area contributed by atoms with Crippen LogP contribution in [0.2, 0.25) is 0 Å². The summed E-state index contributed by atoms with van der Waals surface area (Å²) in [6.45, 7) is 10.7. The van der Waals surface area contributed by atoms with Crippen molar-refractivity contribution in [2.75, 3.05) is 12.3 Å². The number of benzene rings is 1. The van der Waals surface area contributed by atoms with Crippen molar-refractivity contribution in [3.05, 3.63) is 29.6 Å². The highest BCUT2D eigenvalue weighted by Gasteiger charge is 2.42. The Hall–Kier alpha value is -1.30. The van der Waals surface area contributed by atoms with Gasteiger partial charge < -0.3 is 10.5 Å². The quantitative estimate of drug-likeness (QED) is 0.435. The van der Waals surface area contributed by atoms with Gasteiger partial charge in [0.1, 0.15) is 11.4 Å². The fourth-order valence-electron chi connectivity index (χ4n) is 1.25. The molecule has 1 aromatic carbocycles. The molecule has 1 aliphatic heterocycles. The van der Waals surface area contributed by atoms with E-state index in [0.717, 1.165) is 5.56 Å². The second kappa shape index (κ2) is 9.60. The molecule has 1 unspecified atom stereocenters. The van der Waals surface area contributed by atoms with Gasteiger partial charge in [-0.15, -0.1) is 0 Å². The van der Waals surface area contributed by atoms with E-state index in [9.17, 15) is 17.6 Å². The van der Waals surface area contributed by atoms with E-state index in [1.807, 2.05) is 34.6 Å². The molecule has 1 aromatic rings. The number of rotatable bonds is 1. The van der Waals surface area contributed by atoms with Crippen molar-refractivity contribution in [3.8, 4) is 0 Å². The highest BCUT2D eigenvalue weighted by Crippen LogP contribution is 2.40. The number of nitrogen functional groups attached to an aromatic ring is 1. The predicted octanol–water partition coefficient (Wildman–Crippen LogP) is 5.27. The lowest BCUT2D eigenvalue weighted by Gasteiger charge is -2.08. The molecular formula is C15H25F4NO. The Balaban J connectivity index is 0. The zero-order valence-electron chi connectivity index (χ0n) is 13.4. The van der Waals surface area contributed by atoms with Crippen molar-refractivity contribution >= 4 is 5.69 Å². The van der Waals surface area contributed by atoms with Gasteiger partial charge in [0.15, 0.2) is 0 Å². The predicted molar refractivity (Wildman–Crippen MR) is 78.5 cm³/mol. The molecule has 2 rings (SSSR count). The lowest BCUT2D eigenvalue weighted by molar-refractivity contribution is -0.110. The molecule has 0 saturated carbocycles. The summed E-state index contributed by atoms with van der Waals surface area (Å²) in [5.41, 5.74) is 6.67. The van der Waals surface area contributed by atoms with E-state index in [1.165, 1.54) is 12.1 Å². The van der Waals surface area contributed by atoms with Crippen molar-refractivity contribution in [2.24, 2.45) is 0 Å². The molecule has 0 spiro atoms. The van der Waals surface area contributed by atoms with Gasteiger partial charge in [0, 0.05) is 18.2 Å². The second-order valence-corrected chi connectivity index (χ2v) is 4.03. The van der Waals surface area contributed by atoms with E-state index in [1.54, 1.807) is 6.07 Å². The molecule has 1 heterocycles. The lowest BCUT2D eigenvalue weighted by atomic mass is 10.0. The second-order valence-electron chi connectivity index (χ2n) is 4.03. The molecule has 1 aliphatic rings. The van der Waals surface area contributed by atoms with Crippen LogP contribution in [-0.4, -0.2) is 12.8 Å². The average molecular weight is 311 g/mol. The number of anilines is 1. The van der Waals surface area contributed by atoms with Gasteiger partial charge in [-0.25, -0.2) is 4.39 Å². The fraction of sp³-hybridized carbons (Fsp3) is 0.600. The molecule has 21 heavy (non-hydrogen) atoms. The van der Waals surface area contributed by atoms with Gasteiger partial charge in [0.05, 0.1) is 6.61 Å². The van der Waals surface area contributed by atoms with Crippen LogP contribution in [0, 0.1) is 5.82 Å². The Bertz CT molecular complexity index is 395. The summed E-state index contributed by atoms with van der Waals surface area (Å²) in [5, 5.41) is 0. The molecule has 2 nitrogen and oxygen atoms in total. The topological polar surface area (TPSA) is 38.5 Å². The Kier molecular flexibility index (Phi) is 10.1. The molecule has 0 amide bonds. The van der Waals surface area contributed by atoms with E-state index in [0.29, 0.717) is 12.3 Å². The van der Waals surface area contributed by atoms with E-state index in [4.69, 9.17) is 10.5 Å². The number of hydrogen-bond acceptors (Lipinski definition) is 2. The van der Waals surface area contributed by atoms with E-state index in [-0.39, 0.29) is 18.3 Å². The third-order valence-corrected chi connectivity index (χ3v) is 2.16. The molecule has 0 aromatic heterocycles. The first-order chi connectivity index (χ1) is 9.62. The summed E-state index contributed by atoms with van der Waals surface area (Å²) in [4.78, 5) is 0. The third kappa shape index (κ3) is 10.1. The van der Waals surface area contributed by atoms with Crippen molar-refractivity contribution in [2.45, 2.75) is 53.3 Å². The van der Waals surface area contributed by atoms with E-state index >= 15 is 0 Å². The molecule has 0 aliphatic carbocycles. The third-order valence-electron chi connectivity index (χ3n) is 2.16. The Morgan fingerprint density at radius 1 is 1.14 bits per heavy atom. The first-order valence-electron chi connectivity index (χ1n) is 6.88. The van der Waals surface area contributed by atoms with Gasteiger partial charge in [-0.05, 0) is 25.1 Å². The highest BCUT2D eigenvalue weighted by atomic mass is 19.4. The van der Waals surface area contributed by atoms with Crippen LogP contribution in [0.5, 0.6) is 0 Å². The molecule has 2 N–H and O–H groups in total. The average Bonchev–Trinajstić information content (AvgIpc) is 3.14. The molecule has 1 atom stereocenters. The van der Waals surface area contributed by atoms with Crippen molar-refractivity contribution in [1.29, 1.82) is 0 Å². The molecule has 6 heteroatoms. The van der Waals surface area contributed by atoms with Crippen molar-refractivity contribution in [3.63, 3.8) is 0 Å². The minimum atomic E-state index is -4.00. The normalized spacial score (nSPS) is 19.0. The molecule has 0 radical (unpaired) electrons. The van der Waals surface area contributed by atoms with E-state index in [2.05, 4.69) is 0 Å². The Morgan fingerprint density at radius 3 is 1.86 bits per heavy atom. The summed E-state index contributed by atoms with van der Waals surface area (Å²) in [5.74, 6) is -0.268. The van der Waals surface area contributed by atoms with Crippen LogP contribution in [0.1, 0.15) is 47.1 Å². The van der Waals surface area contributed by atoms with Gasteiger partial charge in [0.25, 0.3) is 0 Å². The number of alkyl halides is 3. The number of ether oxygens (including phenoxy) is 1. The summed E-state index contributed by atoms with van der Waals surface area (Å²) >= 11 is 0. The lowest BCUT2D eigenvalue weighted by Crippen LogP contribution is -2.06. The summed E-state index contributed by atoms with van der Waals surface area (Å²) < 4.78 is 49.0. The van der Waals surface area contributed by atoms with Crippen LogP contribution >= 0.6 is 0 Å². The van der Waals surface area contributed by atoms with Crippen molar-refractivity contribution in [1.82, 2.24) is 0 Å². The number of nitrogens with two attached hydrogens (primary N) is 1. The Labute approximate surface area is 124 Å². The SMILES string of the molecule is CC.CC.CC(F)(F)F.CC1(c2cc(F)ccc2N)CO1. The molecular weight excluding hydrogens is 286 g/mol. The van der Waals surface area contributed by atoms with Crippen LogP contribution in [-0.2, 0) is 10.3 Å². The minimum Gasteiger partial charge on any atom is -0.398 e. The van der Waals surface area contributed by atoms with Crippen LogP contribution in [0.25, 0.3) is 0 Å². The molecule has 0 bridgehead atoms. The number of epoxide rings is 1. The van der Waals surface area contributed by atoms with Crippen LogP contribution in [0.15, 0.2) is 18.2 Å². The maximum Gasteiger partial charge on any atom is 0.386 e. The number of halogens is 4. The van der Waals surface area contributed by atoms with Gasteiger partial charge in [-0.1, -0.05) is 27.7 Å². The minimum absolute atomic E-state index is 0.188. The fourth-order valence-corrected chi connectivity index (χ4v) is 1.25. The van der Waals surface area contributed by atoms with Gasteiger partial charge in [0.2, 0.25) is 0 Å². The maximum atomic E-state index is 12.8. The van der Waals surface area contributed by atoms with E-state index < -0.39 is 6.18 Å². The van der Waals surface area contributed by atoms with Crippen molar-refractivity contribution < 1.29 is 22.3 Å². The standard InChI is InChI=1S/C9H10FNO.C2H3F3.2C2H6/c1-9(5-12-9)7-4-6(10)2-3-8(7)11;1-2(3,4)5;2*1-2/h2-4H,5,11H2,1H3;1H3;2*1-2H3. The summed E-state index contributed by atoms with van der Waals surface area (Å²) in [7, 11) is 0. The van der Waals surface area contributed by atoms with Crippen LogP contribution < -0.4 is 5.73 Å². The molecule has 124 valence electrons. The summed E-state index contributed by atoms with van der Waals surface area (Å²) in [6, 6.07) is 4.35. The molecule has 1 saturated heterocycles. The van der Waals surface area contributed by atoms with Gasteiger partial charge >= 0.3 is 6.18 Å². The maximum absolute atomic E-state index is 12.8. The highest BCUT2D eigenvalue weighted by molar-refractivity contribution is 5.51. The van der Waals surface area contributed by atoms with Crippen LogP contribution in [0.4, 0.5) is 23.2 Å². The van der Waals surface area contributed by atoms with Gasteiger partial charge in [-0.3, -0.25) is 0 Å². The largest absolute Gasteiger partial charge is 0.398 e. The first kappa shape index (κ1) is 22.0. The first-order valence-corrected chi connectivity index (χ1v) is 6.88. The monoisotopic (exact) mass is 311 g/mol. The van der Waals surface area contributed by atoms with Gasteiger partial charge in [-0.2, -0.15) is 13.2 Å². The smallest absolute Gasteiger partial charge is 0.386 e. The zero-order chi connectivity index (χ0) is 17.3. The zero-order valence-corrected chi connectivity index (χ0v) is 13.4. The molecule has 1 fully saturated rings. The Morgan fingerprint density at radius 2 is 1.52 bits per heavy atom. The number of hydrogen-bond donors (Lipinski definition) is 1.